The summed E-state index contributed by atoms with van der Waals surface area (Å²) in [6.45, 7) is 1.59. The fourth-order valence-electron chi connectivity index (χ4n) is 1.84. The van der Waals surface area contributed by atoms with Gasteiger partial charge in [-0.1, -0.05) is 28.1 Å². The summed E-state index contributed by atoms with van der Waals surface area (Å²) in [6.07, 6.45) is 0.755. The largest absolute Gasteiger partial charge is 0.379 e. The number of benzene rings is 1. The summed E-state index contributed by atoms with van der Waals surface area (Å²) in [4.78, 5) is 10.5. The number of carbonyl (C=O) groups excluding carboxylic acids is 1. The van der Waals surface area contributed by atoms with Gasteiger partial charge in [0.25, 0.3) is 0 Å². The normalized spacial score (nSPS) is 19.0. The van der Waals surface area contributed by atoms with E-state index in [1.54, 1.807) is 12.1 Å². The van der Waals surface area contributed by atoms with Crippen molar-refractivity contribution in [3.05, 3.63) is 29.8 Å². The first-order valence-corrected chi connectivity index (χ1v) is 8.18. The van der Waals surface area contributed by atoms with E-state index in [1.165, 1.54) is 16.4 Å². The molecule has 1 unspecified atom stereocenters. The molecule has 0 radical (unpaired) electrons. The Labute approximate surface area is 120 Å². The first kappa shape index (κ1) is 14.6. The molecule has 2 rings (SSSR count). The molecule has 0 saturated carbocycles. The van der Waals surface area contributed by atoms with Crippen molar-refractivity contribution in [3.63, 3.8) is 0 Å². The van der Waals surface area contributed by atoms with E-state index < -0.39 is 14.9 Å². The number of ether oxygens (including phenoxy) is 1. The lowest BCUT2D eigenvalue weighted by Gasteiger charge is -2.26. The minimum atomic E-state index is -3.46. The minimum absolute atomic E-state index is 0.240. The first-order chi connectivity index (χ1) is 9.05. The molecule has 19 heavy (non-hydrogen) atoms. The fraction of sp³-hybridized carbons (Fsp3) is 0.417. The minimum Gasteiger partial charge on any atom is -0.379 e. The van der Waals surface area contributed by atoms with Crippen LogP contribution in [-0.2, 0) is 19.6 Å². The number of rotatable bonds is 4. The van der Waals surface area contributed by atoms with Crippen LogP contribution < -0.4 is 0 Å². The Morgan fingerprint density at radius 2 is 1.79 bits per heavy atom. The van der Waals surface area contributed by atoms with Crippen molar-refractivity contribution in [1.82, 2.24) is 4.31 Å². The number of nitrogens with zero attached hydrogens (tertiary/aromatic N) is 1. The third-order valence-corrected chi connectivity index (χ3v) is 5.58. The Balaban J connectivity index is 2.23. The second-order valence-electron chi connectivity index (χ2n) is 4.12. The van der Waals surface area contributed by atoms with Crippen LogP contribution in [0.4, 0.5) is 0 Å². The molecule has 0 spiro atoms. The zero-order chi connectivity index (χ0) is 13.9. The topological polar surface area (TPSA) is 63.7 Å². The van der Waals surface area contributed by atoms with Crippen LogP contribution in [0, 0.1) is 0 Å². The van der Waals surface area contributed by atoms with Crippen LogP contribution in [0.3, 0.4) is 0 Å². The van der Waals surface area contributed by atoms with E-state index in [9.17, 15) is 13.2 Å². The van der Waals surface area contributed by atoms with Crippen LogP contribution in [0.5, 0.6) is 0 Å². The van der Waals surface area contributed by atoms with Gasteiger partial charge < -0.3 is 9.53 Å². The highest BCUT2D eigenvalue weighted by Crippen LogP contribution is 2.23. The second kappa shape index (κ2) is 6.13. The van der Waals surface area contributed by atoms with Gasteiger partial charge in [0.1, 0.15) is 6.29 Å². The predicted molar refractivity (Wildman–Crippen MR) is 73.8 cm³/mol. The van der Waals surface area contributed by atoms with Crippen LogP contribution >= 0.6 is 15.9 Å². The number of hydrogen-bond donors (Lipinski definition) is 0. The summed E-state index contributed by atoms with van der Waals surface area (Å²) in [6, 6.07) is 6.33. The summed E-state index contributed by atoms with van der Waals surface area (Å²) in [5.74, 6) is 0. The maximum absolute atomic E-state index is 12.3. The van der Waals surface area contributed by atoms with Gasteiger partial charge in [-0.25, -0.2) is 8.42 Å². The lowest BCUT2D eigenvalue weighted by Crippen LogP contribution is -2.40. The van der Waals surface area contributed by atoms with Crippen LogP contribution in [0.2, 0.25) is 0 Å². The van der Waals surface area contributed by atoms with Gasteiger partial charge in [-0.2, -0.15) is 4.31 Å². The number of halogens is 1. The molecule has 5 nitrogen and oxygen atoms in total. The molecule has 1 aromatic rings. The van der Waals surface area contributed by atoms with Gasteiger partial charge in [0.05, 0.1) is 22.9 Å². The van der Waals surface area contributed by atoms with Gasteiger partial charge in [-0.05, 0) is 17.7 Å². The number of morpholine rings is 1. The summed E-state index contributed by atoms with van der Waals surface area (Å²) in [7, 11) is -3.46. The highest BCUT2D eigenvalue weighted by atomic mass is 79.9. The van der Waals surface area contributed by atoms with E-state index in [2.05, 4.69) is 15.9 Å². The van der Waals surface area contributed by atoms with Crippen LogP contribution in [0.15, 0.2) is 29.2 Å². The van der Waals surface area contributed by atoms with Crippen molar-refractivity contribution < 1.29 is 17.9 Å². The lowest BCUT2D eigenvalue weighted by molar-refractivity contribution is -0.107. The van der Waals surface area contributed by atoms with E-state index in [1.807, 2.05) is 0 Å². The number of aldehydes is 1. The van der Waals surface area contributed by atoms with E-state index >= 15 is 0 Å². The standard InChI is InChI=1S/C12H14BrNO4S/c13-12(9-15)10-1-3-11(4-2-10)19(16,17)14-5-7-18-8-6-14/h1-4,9,12H,5-8H2. The van der Waals surface area contributed by atoms with E-state index in [4.69, 9.17) is 4.74 Å². The van der Waals surface area contributed by atoms with Gasteiger partial charge in [0, 0.05) is 13.1 Å². The zero-order valence-electron chi connectivity index (χ0n) is 10.2. The fourth-order valence-corrected chi connectivity index (χ4v) is 3.55. The molecule has 1 saturated heterocycles. The molecule has 1 aromatic carbocycles. The molecule has 0 aliphatic carbocycles. The highest BCUT2D eigenvalue weighted by molar-refractivity contribution is 9.09. The number of alkyl halides is 1. The smallest absolute Gasteiger partial charge is 0.243 e. The SMILES string of the molecule is O=CC(Br)c1ccc(S(=O)(=O)N2CCOCC2)cc1. The van der Waals surface area contributed by atoms with Gasteiger partial charge in [0.2, 0.25) is 10.0 Å². The first-order valence-electron chi connectivity index (χ1n) is 5.83. The van der Waals surface area contributed by atoms with Gasteiger partial charge in [-0.3, -0.25) is 0 Å². The van der Waals surface area contributed by atoms with E-state index in [0.29, 0.717) is 26.3 Å². The molecule has 0 N–H and O–H groups in total. The number of sulfonamides is 1. The third kappa shape index (κ3) is 3.22. The molecular formula is C12H14BrNO4S. The van der Waals surface area contributed by atoms with E-state index in [-0.39, 0.29) is 4.90 Å². The van der Waals surface area contributed by atoms with Crippen LogP contribution in [0.1, 0.15) is 10.4 Å². The van der Waals surface area contributed by atoms with Crippen molar-refractivity contribution in [3.8, 4) is 0 Å². The average molecular weight is 348 g/mol. The second-order valence-corrected chi connectivity index (χ2v) is 7.05. The number of hydrogen-bond acceptors (Lipinski definition) is 4. The lowest BCUT2D eigenvalue weighted by atomic mass is 10.2. The van der Waals surface area contributed by atoms with Gasteiger partial charge >= 0.3 is 0 Å². The molecule has 0 amide bonds. The van der Waals surface area contributed by atoms with Crippen molar-refractivity contribution in [1.29, 1.82) is 0 Å². The highest BCUT2D eigenvalue weighted by Gasteiger charge is 2.26. The van der Waals surface area contributed by atoms with Crippen LogP contribution in [-0.4, -0.2) is 45.3 Å². The molecule has 0 aromatic heterocycles. The zero-order valence-corrected chi connectivity index (χ0v) is 12.6. The van der Waals surface area contributed by atoms with Gasteiger partial charge in [0.15, 0.2) is 0 Å². The Bertz CT molecular complexity index is 537. The summed E-state index contributed by atoms with van der Waals surface area (Å²) in [5.41, 5.74) is 0.732. The van der Waals surface area contributed by atoms with E-state index in [0.717, 1.165) is 11.8 Å². The molecule has 1 aliphatic heterocycles. The molecule has 104 valence electrons. The van der Waals surface area contributed by atoms with Crippen molar-refractivity contribution in [2.45, 2.75) is 9.72 Å². The maximum Gasteiger partial charge on any atom is 0.243 e. The molecular weight excluding hydrogens is 334 g/mol. The average Bonchev–Trinajstić information content (AvgIpc) is 2.47. The third-order valence-electron chi connectivity index (χ3n) is 2.93. The Kier molecular flexibility index (Phi) is 4.72. The number of carbonyl (C=O) groups is 1. The van der Waals surface area contributed by atoms with Crippen LogP contribution in [0.25, 0.3) is 0 Å². The Morgan fingerprint density at radius 3 is 2.32 bits per heavy atom. The van der Waals surface area contributed by atoms with Crippen molar-refractivity contribution in [2.24, 2.45) is 0 Å². The van der Waals surface area contributed by atoms with Gasteiger partial charge in [-0.15, -0.1) is 0 Å². The van der Waals surface area contributed by atoms with Crippen molar-refractivity contribution >= 4 is 32.2 Å². The quantitative estimate of drug-likeness (QED) is 0.609. The monoisotopic (exact) mass is 347 g/mol. The maximum atomic E-state index is 12.3. The summed E-state index contributed by atoms with van der Waals surface area (Å²) < 4.78 is 31.2. The predicted octanol–water partition coefficient (Wildman–Crippen LogP) is 1.34. The Morgan fingerprint density at radius 1 is 1.21 bits per heavy atom. The summed E-state index contributed by atoms with van der Waals surface area (Å²) in [5, 5.41) is 0. The molecule has 1 aliphatic rings. The molecule has 1 fully saturated rings. The van der Waals surface area contributed by atoms with Crippen molar-refractivity contribution in [2.75, 3.05) is 26.3 Å². The molecule has 1 heterocycles. The molecule has 0 bridgehead atoms. The molecule has 7 heteroatoms. The molecule has 1 atom stereocenters. The summed E-state index contributed by atoms with van der Waals surface area (Å²) >= 11 is 3.19. The Hall–Kier alpha value is -0.760.